The van der Waals surface area contributed by atoms with E-state index in [0.29, 0.717) is 5.56 Å². The van der Waals surface area contributed by atoms with E-state index in [1.807, 2.05) is 0 Å². The van der Waals surface area contributed by atoms with E-state index in [2.05, 4.69) is 15.4 Å². The molecule has 0 atom stereocenters. The molecule has 0 heterocycles. The molecule has 0 spiro atoms. The summed E-state index contributed by atoms with van der Waals surface area (Å²) in [6, 6.07) is 9.33. The van der Waals surface area contributed by atoms with E-state index < -0.39 is 27.5 Å². The van der Waals surface area contributed by atoms with Gasteiger partial charge in [-0.15, -0.1) is 0 Å². The lowest BCUT2D eigenvalue weighted by molar-refractivity contribution is 0.0526. The summed E-state index contributed by atoms with van der Waals surface area (Å²) >= 11 is 0. The summed E-state index contributed by atoms with van der Waals surface area (Å²) in [5, 5.41) is 5.17. The molecular formula is C21H26FN3O5S. The molecule has 0 aliphatic heterocycles. The number of carbonyl (C=O) groups is 2. The monoisotopic (exact) mass is 451 g/mol. The second kappa shape index (κ2) is 9.78. The summed E-state index contributed by atoms with van der Waals surface area (Å²) < 4.78 is 45.7. The van der Waals surface area contributed by atoms with Gasteiger partial charge >= 0.3 is 6.09 Å². The topological polar surface area (TPSA) is 114 Å². The zero-order valence-electron chi connectivity index (χ0n) is 17.8. The number of benzene rings is 2. The predicted molar refractivity (Wildman–Crippen MR) is 115 cm³/mol. The standard InChI is InChI=1S/C21H26FN3O5S/c1-14-13-17(9-10-18(14)22)31(28,29)25-16-7-5-15(6-8-16)19(26)23-11-12-24-20(27)30-21(2,3)4/h5-10,13,25H,11-12H2,1-4H3,(H,23,26)(H,24,27). The Morgan fingerprint density at radius 2 is 1.61 bits per heavy atom. The van der Waals surface area contributed by atoms with Crippen molar-refractivity contribution in [1.82, 2.24) is 10.6 Å². The molecule has 0 aliphatic carbocycles. The van der Waals surface area contributed by atoms with Crippen LogP contribution in [0.5, 0.6) is 0 Å². The Hall–Kier alpha value is -3.14. The molecular weight excluding hydrogens is 425 g/mol. The highest BCUT2D eigenvalue weighted by atomic mass is 32.2. The van der Waals surface area contributed by atoms with Crippen LogP contribution in [0.15, 0.2) is 47.4 Å². The highest BCUT2D eigenvalue weighted by molar-refractivity contribution is 7.92. The quantitative estimate of drug-likeness (QED) is 0.560. The first-order valence-electron chi connectivity index (χ1n) is 9.51. The molecule has 8 nitrogen and oxygen atoms in total. The van der Waals surface area contributed by atoms with E-state index in [0.717, 1.165) is 6.07 Å². The van der Waals surface area contributed by atoms with Crippen LogP contribution < -0.4 is 15.4 Å². The van der Waals surface area contributed by atoms with E-state index in [1.165, 1.54) is 43.3 Å². The first kappa shape index (κ1) is 24.1. The molecule has 2 amide bonds. The molecule has 31 heavy (non-hydrogen) atoms. The molecule has 0 radical (unpaired) electrons. The summed E-state index contributed by atoms with van der Waals surface area (Å²) in [4.78, 5) is 23.7. The van der Waals surface area contributed by atoms with E-state index in [4.69, 9.17) is 4.74 Å². The van der Waals surface area contributed by atoms with Crippen LogP contribution in [0.25, 0.3) is 0 Å². The smallest absolute Gasteiger partial charge is 0.407 e. The number of halogens is 1. The zero-order valence-corrected chi connectivity index (χ0v) is 18.6. The van der Waals surface area contributed by atoms with E-state index in [9.17, 15) is 22.4 Å². The Bertz CT molecular complexity index is 1050. The minimum atomic E-state index is -3.89. The molecule has 2 rings (SSSR count). The van der Waals surface area contributed by atoms with Gasteiger partial charge in [-0.2, -0.15) is 0 Å². The Labute approximate surface area is 181 Å². The van der Waals surface area contributed by atoms with Gasteiger partial charge in [-0.05, 0) is 75.7 Å². The van der Waals surface area contributed by atoms with Gasteiger partial charge in [-0.25, -0.2) is 17.6 Å². The second-order valence-electron chi connectivity index (χ2n) is 7.78. The molecule has 0 saturated heterocycles. The Morgan fingerprint density at radius 3 is 2.19 bits per heavy atom. The highest BCUT2D eigenvalue weighted by Crippen LogP contribution is 2.19. The SMILES string of the molecule is Cc1cc(S(=O)(=O)Nc2ccc(C(=O)NCCNC(=O)OC(C)(C)C)cc2)ccc1F. The fourth-order valence-electron chi connectivity index (χ4n) is 2.44. The van der Waals surface area contributed by atoms with Crippen molar-refractivity contribution in [3.05, 3.63) is 59.4 Å². The Kier molecular flexibility index (Phi) is 7.61. The number of carbonyl (C=O) groups excluding carboxylic acids is 2. The van der Waals surface area contributed by atoms with Crippen LogP contribution in [-0.4, -0.2) is 39.1 Å². The maximum Gasteiger partial charge on any atom is 0.407 e. The Balaban J connectivity index is 1.89. The second-order valence-corrected chi connectivity index (χ2v) is 9.46. The lowest BCUT2D eigenvalue weighted by atomic mass is 10.2. The largest absolute Gasteiger partial charge is 0.444 e. The maximum atomic E-state index is 13.4. The van der Waals surface area contributed by atoms with Gasteiger partial charge in [-0.3, -0.25) is 9.52 Å². The summed E-state index contributed by atoms with van der Waals surface area (Å²) in [7, 11) is -3.89. The molecule has 0 saturated carbocycles. The molecule has 168 valence electrons. The predicted octanol–water partition coefficient (Wildman–Crippen LogP) is 3.19. The van der Waals surface area contributed by atoms with Gasteiger partial charge in [0.05, 0.1) is 4.90 Å². The normalized spacial score (nSPS) is 11.5. The summed E-state index contributed by atoms with van der Waals surface area (Å²) in [5.74, 6) is -0.870. The first-order valence-corrected chi connectivity index (χ1v) is 11.0. The van der Waals surface area contributed by atoms with Gasteiger partial charge in [0.2, 0.25) is 0 Å². The van der Waals surface area contributed by atoms with Crippen LogP contribution in [-0.2, 0) is 14.8 Å². The van der Waals surface area contributed by atoms with Crippen LogP contribution in [0.1, 0.15) is 36.7 Å². The van der Waals surface area contributed by atoms with Crippen LogP contribution in [0.3, 0.4) is 0 Å². The fraction of sp³-hybridized carbons (Fsp3) is 0.333. The fourth-order valence-corrected chi connectivity index (χ4v) is 3.59. The number of rotatable bonds is 7. The van der Waals surface area contributed by atoms with Crippen molar-refractivity contribution in [3.63, 3.8) is 0 Å². The number of amides is 2. The molecule has 0 fully saturated rings. The first-order chi connectivity index (χ1) is 14.4. The average Bonchev–Trinajstić information content (AvgIpc) is 2.66. The van der Waals surface area contributed by atoms with Crippen molar-refractivity contribution in [3.8, 4) is 0 Å². The van der Waals surface area contributed by atoms with Gasteiger partial charge < -0.3 is 15.4 Å². The average molecular weight is 452 g/mol. The Morgan fingerprint density at radius 1 is 1.00 bits per heavy atom. The number of ether oxygens (including phenoxy) is 1. The van der Waals surface area contributed by atoms with Gasteiger partial charge in [0.15, 0.2) is 0 Å². The van der Waals surface area contributed by atoms with Crippen molar-refractivity contribution in [2.24, 2.45) is 0 Å². The lowest BCUT2D eigenvalue weighted by Gasteiger charge is -2.19. The summed E-state index contributed by atoms with van der Waals surface area (Å²) in [6.45, 7) is 7.10. The van der Waals surface area contributed by atoms with E-state index in [1.54, 1.807) is 20.8 Å². The number of hydrogen-bond acceptors (Lipinski definition) is 5. The maximum absolute atomic E-state index is 13.4. The molecule has 10 heteroatoms. The van der Waals surface area contributed by atoms with Gasteiger partial charge in [0, 0.05) is 24.3 Å². The molecule has 2 aromatic rings. The lowest BCUT2D eigenvalue weighted by Crippen LogP contribution is -2.37. The van der Waals surface area contributed by atoms with Crippen LogP contribution in [0.2, 0.25) is 0 Å². The van der Waals surface area contributed by atoms with Gasteiger partial charge in [-0.1, -0.05) is 0 Å². The van der Waals surface area contributed by atoms with Crippen LogP contribution >= 0.6 is 0 Å². The van der Waals surface area contributed by atoms with Crippen molar-refractivity contribution < 1.29 is 27.1 Å². The molecule has 0 aromatic heterocycles. The number of alkyl carbamates (subject to hydrolysis) is 1. The molecule has 2 aromatic carbocycles. The number of hydrogen-bond donors (Lipinski definition) is 3. The van der Waals surface area contributed by atoms with Crippen molar-refractivity contribution in [2.75, 3.05) is 17.8 Å². The third-order valence-electron chi connectivity index (χ3n) is 3.92. The number of sulfonamides is 1. The molecule has 0 unspecified atom stereocenters. The zero-order chi connectivity index (χ0) is 23.2. The number of aryl methyl sites for hydroxylation is 1. The molecule has 0 aliphatic rings. The third-order valence-corrected chi connectivity index (χ3v) is 5.30. The highest BCUT2D eigenvalue weighted by Gasteiger charge is 2.17. The van der Waals surface area contributed by atoms with E-state index >= 15 is 0 Å². The van der Waals surface area contributed by atoms with Crippen molar-refractivity contribution >= 4 is 27.7 Å². The van der Waals surface area contributed by atoms with Crippen LogP contribution in [0.4, 0.5) is 14.9 Å². The van der Waals surface area contributed by atoms with Crippen LogP contribution in [0, 0.1) is 12.7 Å². The summed E-state index contributed by atoms with van der Waals surface area (Å²) in [5.41, 5.74) is 0.186. The summed E-state index contributed by atoms with van der Waals surface area (Å²) in [6.07, 6.45) is -0.574. The van der Waals surface area contributed by atoms with E-state index in [-0.39, 0.29) is 35.1 Å². The minimum absolute atomic E-state index is 0.0642. The number of nitrogens with one attached hydrogen (secondary N) is 3. The minimum Gasteiger partial charge on any atom is -0.444 e. The van der Waals surface area contributed by atoms with Crippen molar-refractivity contribution in [2.45, 2.75) is 38.2 Å². The third kappa shape index (κ3) is 7.56. The van der Waals surface area contributed by atoms with Gasteiger partial charge in [0.25, 0.3) is 15.9 Å². The van der Waals surface area contributed by atoms with Crippen molar-refractivity contribution in [1.29, 1.82) is 0 Å². The molecule has 3 N–H and O–H groups in total. The number of anilines is 1. The molecule has 0 bridgehead atoms. The van der Waals surface area contributed by atoms with Gasteiger partial charge in [0.1, 0.15) is 11.4 Å².